The number of nitrogen functional groups attached to an aromatic ring is 1. The maximum Gasteiger partial charge on any atom is 0.278 e. The van der Waals surface area contributed by atoms with E-state index < -0.39 is 85.0 Å². The zero-order chi connectivity index (χ0) is 105. The number of thiophene rings is 8. The number of aryl methyl sites for hydroxylation is 7. The fourth-order valence-corrected chi connectivity index (χ4v) is 31.3. The summed E-state index contributed by atoms with van der Waals surface area (Å²) in [4.78, 5) is 4.29. The Morgan fingerprint density at radius 2 is 0.664 bits per heavy atom. The predicted octanol–water partition coefficient (Wildman–Crippen LogP) is 16.1. The van der Waals surface area contributed by atoms with Crippen LogP contribution in [0.3, 0.4) is 0 Å². The number of ether oxygens (including phenoxy) is 5. The summed E-state index contributed by atoms with van der Waals surface area (Å²) in [6, 6.07) is 16.7. The summed E-state index contributed by atoms with van der Waals surface area (Å²) >= 11 is 14.4. The molecule has 0 radical (unpaired) electrons. The van der Waals surface area contributed by atoms with Crippen LogP contribution in [0.15, 0.2) is 189 Å². The van der Waals surface area contributed by atoms with E-state index in [1.807, 2.05) is 13.8 Å². The van der Waals surface area contributed by atoms with E-state index in [4.69, 9.17) is 71.8 Å². The molecule has 15 heterocycles. The van der Waals surface area contributed by atoms with Crippen molar-refractivity contribution in [2.75, 3.05) is 114 Å². The van der Waals surface area contributed by atoms with E-state index >= 15 is 0 Å². The SMILES string of the molecule is COc1c(Br)csc1S(=O)(=O)N(C)c1cc(C)on1.COc1c(N=C(C)C)csc1S(=O)(=O)N(C)c1cc(C)on1.COc1ccsc1S(=O)(=O)Cl.COc1ccsc1S(=O)(=O)N(C)c1cc(C)on1.COc1ccsc1S(=O)(=O)Nc1cc(C)on1.Cc1cc(N(C)S(=O)(=O)c2scc(Br)c2O)no1.Cc1cc(N(C)S(=O)(=O)c2scc(N)c2O)no1.Cc1cc(N(C)S(=O)(=O)c2sccc2O)no1. The molecule has 66 heteroatoms. The van der Waals surface area contributed by atoms with Crippen molar-refractivity contribution in [3.05, 3.63) is 159 Å². The molecule has 0 aromatic carbocycles. The number of sulfonamides is 7. The van der Waals surface area contributed by atoms with E-state index in [2.05, 4.69) is 77.7 Å². The number of nitrogens with two attached hydrogens (primary N) is 1. The Hall–Kier alpha value is -10.6. The molecule has 0 atom stereocenters. The number of halogens is 3. The number of aromatic nitrogens is 7. The monoisotopic (exact) mass is 2400 g/mol. The normalized spacial score (nSPS) is 11.5. The molecule has 0 amide bonds. The zero-order valence-electron chi connectivity index (χ0n) is 76.2. The summed E-state index contributed by atoms with van der Waals surface area (Å²) in [5.74, 6) is 5.41. The van der Waals surface area contributed by atoms with Crippen molar-refractivity contribution in [1.29, 1.82) is 0 Å². The number of aromatic hydroxyl groups is 3. The fourth-order valence-electron chi connectivity index (χ4n) is 10.1. The van der Waals surface area contributed by atoms with Crippen LogP contribution in [0, 0.1) is 48.5 Å². The second-order valence-corrected chi connectivity index (χ2v) is 53.9. The van der Waals surface area contributed by atoms with Crippen molar-refractivity contribution in [2.24, 2.45) is 4.99 Å². The summed E-state index contributed by atoms with van der Waals surface area (Å²) in [6.07, 6.45) is 0. The first-order chi connectivity index (χ1) is 65.3. The average Bonchev–Trinajstić information content (AvgIpc) is 1.70. The Kier molecular flexibility index (Phi) is 39.3. The Morgan fingerprint density at radius 1 is 0.371 bits per heavy atom. The maximum atomic E-state index is 12.7. The van der Waals surface area contributed by atoms with Crippen LogP contribution in [0.5, 0.6) is 46.0 Å². The summed E-state index contributed by atoms with van der Waals surface area (Å²) in [7, 11) is -9.58. The summed E-state index contributed by atoms with van der Waals surface area (Å²) in [5.41, 5.74) is 6.76. The van der Waals surface area contributed by atoms with Crippen molar-refractivity contribution < 1.29 is 138 Å². The van der Waals surface area contributed by atoms with Gasteiger partial charge in [-0.25, -0.2) is 42.7 Å². The lowest BCUT2D eigenvalue weighted by Crippen LogP contribution is -2.26. The predicted molar refractivity (Wildman–Crippen MR) is 537 cm³/mol. The van der Waals surface area contributed by atoms with Gasteiger partial charge in [0.15, 0.2) is 97.4 Å². The number of aliphatic imine (C=N–C) groups is 1. The lowest BCUT2D eigenvalue weighted by molar-refractivity contribution is 0.398. The van der Waals surface area contributed by atoms with Crippen molar-refractivity contribution in [3.63, 3.8) is 0 Å². The minimum Gasteiger partial charge on any atom is -0.506 e. The van der Waals surface area contributed by atoms with E-state index in [0.717, 1.165) is 122 Å². The molecule has 0 fully saturated rings. The van der Waals surface area contributed by atoms with E-state index in [-0.39, 0.29) is 103 Å². The van der Waals surface area contributed by atoms with Gasteiger partial charge in [-0.2, -0.15) is 50.5 Å². The highest BCUT2D eigenvalue weighted by Gasteiger charge is 2.37. The molecular formula is C74H85Br2ClN16O31S16. The lowest BCUT2D eigenvalue weighted by Gasteiger charge is -2.15. The van der Waals surface area contributed by atoms with E-state index in [1.165, 1.54) is 124 Å². The van der Waals surface area contributed by atoms with Crippen molar-refractivity contribution in [1.82, 2.24) is 36.1 Å². The van der Waals surface area contributed by atoms with Gasteiger partial charge < -0.3 is 76.4 Å². The van der Waals surface area contributed by atoms with Crippen LogP contribution >= 0.6 is 133 Å². The van der Waals surface area contributed by atoms with Crippen LogP contribution in [-0.4, -0.2) is 202 Å². The molecular weight excluding hydrogens is 2320 g/mol. The molecule has 15 aromatic rings. The molecule has 15 rings (SSSR count). The first kappa shape index (κ1) is 115. The lowest BCUT2D eigenvalue weighted by atomic mass is 10.4. The van der Waals surface area contributed by atoms with E-state index in [1.54, 1.807) is 112 Å². The Bertz CT molecular complexity index is 7650. The van der Waals surface area contributed by atoms with Crippen molar-refractivity contribution >= 4 is 270 Å². The first-order valence-electron chi connectivity index (χ1n) is 37.8. The first-order valence-corrected chi connectivity index (χ1v) is 58.9. The number of nitrogens with one attached hydrogen (secondary N) is 1. The Balaban J connectivity index is 0.000000197. The highest BCUT2D eigenvalue weighted by Crippen LogP contribution is 2.46. The highest BCUT2D eigenvalue weighted by atomic mass is 79.9. The van der Waals surface area contributed by atoms with Gasteiger partial charge in [0.1, 0.15) is 69.0 Å². The minimum absolute atomic E-state index is 0.0308. The topological polar surface area (TPSA) is 632 Å². The quantitative estimate of drug-likeness (QED) is 0.0224. The van der Waals surface area contributed by atoms with Crippen LogP contribution in [0.25, 0.3) is 0 Å². The molecule has 0 bridgehead atoms. The highest BCUT2D eigenvalue weighted by molar-refractivity contribution is 9.11. The number of hydrogen-bond acceptors (Lipinski definition) is 48. The molecule has 0 unspecified atom stereocenters. The molecule has 0 saturated heterocycles. The third kappa shape index (κ3) is 27.6. The molecule has 0 aliphatic carbocycles. The molecule has 140 heavy (non-hydrogen) atoms. The van der Waals surface area contributed by atoms with Crippen molar-refractivity contribution in [3.8, 4) is 46.0 Å². The van der Waals surface area contributed by atoms with Crippen molar-refractivity contribution in [2.45, 2.75) is 96.0 Å². The Morgan fingerprint density at radius 3 is 0.971 bits per heavy atom. The average molecular weight is 2400 g/mol. The minimum atomic E-state index is -3.89. The van der Waals surface area contributed by atoms with E-state index in [9.17, 15) is 82.7 Å². The fraction of sp³-hybridized carbons (Fsp3) is 0.270. The maximum absolute atomic E-state index is 12.7. The molecule has 0 aliphatic rings. The molecule has 47 nitrogen and oxygen atoms in total. The second-order valence-electron chi connectivity index (χ2n) is 27.4. The molecule has 0 saturated carbocycles. The van der Waals surface area contributed by atoms with Crippen LogP contribution in [0.1, 0.15) is 54.2 Å². The molecule has 0 spiro atoms. The smallest absolute Gasteiger partial charge is 0.278 e. The van der Waals surface area contributed by atoms with Crippen LogP contribution in [0.2, 0.25) is 0 Å². The van der Waals surface area contributed by atoms with Gasteiger partial charge >= 0.3 is 0 Å². The van der Waals surface area contributed by atoms with Gasteiger partial charge in [0.2, 0.25) is 0 Å². The van der Waals surface area contributed by atoms with Gasteiger partial charge in [-0.3, -0.25) is 9.71 Å². The summed E-state index contributed by atoms with van der Waals surface area (Å²) in [5, 5.41) is 66.9. The van der Waals surface area contributed by atoms with Gasteiger partial charge in [0.05, 0.1) is 50.2 Å². The van der Waals surface area contributed by atoms with Crippen LogP contribution in [0.4, 0.5) is 52.1 Å². The third-order valence-corrected chi connectivity index (χ3v) is 44.1. The van der Waals surface area contributed by atoms with Crippen LogP contribution < -0.4 is 60.0 Å². The molecule has 6 N–H and O–H groups in total. The standard InChI is InChI=1S/C13H17N3O4S2.C10H11BrN2O4S2.C10H12N2O4S2.C9H9BrN2O4S2.C9H11N3O4S2.2C9H10N2O4S2.C5H5ClO3S2/c1-8(2)14-10-7-21-13(12(10)19-5)22(17,18)16(4)11-6-9(3)20-15-11;1-6-4-8(12-17-6)13(2)19(14,15)10-9(16-3)7(11)5-18-10;1-7-6-9(11-16-7)12(2)18(13,14)10-8(15-3)4-5-17-10;2*1-5-3-7(11-16-5)12(2)18(14,15)9-8(13)6(10)4-17-9;1-6-5-8(10-15-6)11-17(12,13)9-7(14-2)3-4-16-9;1-6-5-8(10-15-6)11(2)17(13,14)9-7(12)3-4-16-9;1-9-4-2-3-10-5(4)11(6,7)8/h6-7H,1-5H3;4-5H,1-3H3;4-6H,1-3H3;3-4,13H,1-2H3;3-4,13H,10H2,1-2H3;3-5H,1-2H3,(H,10,11);3-5,12H,1-2H3;2-3H,1H3. The number of hydrogen-bond donors (Lipinski definition) is 5. The molecule has 15 aromatic heterocycles. The molecule has 0 aliphatic heterocycles. The zero-order valence-corrected chi connectivity index (χ0v) is 93.2. The van der Waals surface area contributed by atoms with Gasteiger partial charge in [0, 0.05) is 123 Å². The van der Waals surface area contributed by atoms with Gasteiger partial charge in [-0.1, -0.05) is 36.1 Å². The van der Waals surface area contributed by atoms with E-state index in [0.29, 0.717) is 72.2 Å². The Labute approximate surface area is 856 Å². The van der Waals surface area contributed by atoms with Gasteiger partial charge in [-0.05, 0) is 140 Å². The largest absolute Gasteiger partial charge is 0.506 e. The second kappa shape index (κ2) is 48.0. The number of methoxy groups -OCH3 is 5. The molecule has 764 valence electrons. The summed E-state index contributed by atoms with van der Waals surface area (Å²) < 4.78 is 262. The van der Waals surface area contributed by atoms with Gasteiger partial charge in [-0.15, -0.1) is 90.7 Å². The summed E-state index contributed by atoms with van der Waals surface area (Å²) in [6.45, 7) is 15.4. The van der Waals surface area contributed by atoms with Gasteiger partial charge in [0.25, 0.3) is 79.2 Å². The number of anilines is 8. The third-order valence-electron chi connectivity index (χ3n) is 17.2. The number of rotatable bonds is 28. The number of nitrogens with zero attached hydrogens (tertiary/aromatic N) is 14. The van der Waals surface area contributed by atoms with Crippen LogP contribution in [-0.2, 0) is 79.2 Å².